The summed E-state index contributed by atoms with van der Waals surface area (Å²) in [4.78, 5) is 4.55. The van der Waals surface area contributed by atoms with Gasteiger partial charge in [-0.2, -0.15) is 0 Å². The lowest BCUT2D eigenvalue weighted by Crippen LogP contribution is -2.47. The van der Waals surface area contributed by atoms with E-state index in [1.165, 1.54) is 7.05 Å². The highest BCUT2D eigenvalue weighted by Crippen LogP contribution is 2.33. The van der Waals surface area contributed by atoms with Crippen molar-refractivity contribution in [2.24, 2.45) is 16.3 Å². The molecule has 7 nitrogen and oxygen atoms in total. The lowest BCUT2D eigenvalue weighted by molar-refractivity contribution is -0.0835. The first-order valence-electron chi connectivity index (χ1n) is 9.76. The number of guanidine groups is 1. The topological polar surface area (TPSA) is 91.8 Å². The highest BCUT2D eigenvalue weighted by atomic mass is 127. The molecule has 0 saturated carbocycles. The molecule has 1 aromatic rings. The second-order valence-electron chi connectivity index (χ2n) is 8.22. The maximum Gasteiger partial charge on any atom is 0.240 e. The lowest BCUT2D eigenvalue weighted by atomic mass is 9.78. The summed E-state index contributed by atoms with van der Waals surface area (Å²) in [7, 11) is -0.256. The molecule has 2 unspecified atom stereocenters. The molecule has 0 spiro atoms. The van der Waals surface area contributed by atoms with E-state index in [0.717, 1.165) is 37.5 Å². The summed E-state index contributed by atoms with van der Waals surface area (Å²) >= 11 is 0. The maximum absolute atomic E-state index is 11.8. The van der Waals surface area contributed by atoms with E-state index in [1.54, 1.807) is 31.3 Å². The molecule has 1 aromatic carbocycles. The van der Waals surface area contributed by atoms with Crippen LogP contribution in [0.4, 0.5) is 0 Å². The number of nitrogens with one attached hydrogen (secondary N) is 3. The predicted molar refractivity (Wildman–Crippen MR) is 128 cm³/mol. The fraction of sp³-hybridized carbons (Fsp3) is 0.650. The first-order valence-corrected chi connectivity index (χ1v) is 11.2. The van der Waals surface area contributed by atoms with Crippen LogP contribution < -0.4 is 15.4 Å². The number of hydrogen-bond donors (Lipinski definition) is 3. The summed E-state index contributed by atoms with van der Waals surface area (Å²) < 4.78 is 31.9. The molecule has 1 fully saturated rings. The van der Waals surface area contributed by atoms with Crippen molar-refractivity contribution < 1.29 is 13.2 Å². The molecule has 1 aliphatic heterocycles. The van der Waals surface area contributed by atoms with Crippen LogP contribution in [-0.4, -0.2) is 47.7 Å². The summed E-state index contributed by atoms with van der Waals surface area (Å²) in [6, 6.07) is 6.81. The number of aliphatic imine (C=N–C) groups is 1. The molecule has 2 rings (SSSR count). The number of ether oxygens (including phenoxy) is 1. The van der Waals surface area contributed by atoms with E-state index < -0.39 is 10.0 Å². The van der Waals surface area contributed by atoms with Crippen LogP contribution in [0.15, 0.2) is 34.2 Å². The molecule has 1 aliphatic rings. The Morgan fingerprint density at radius 2 is 1.86 bits per heavy atom. The molecule has 0 aliphatic carbocycles. The van der Waals surface area contributed by atoms with Gasteiger partial charge in [-0.05, 0) is 43.0 Å². The van der Waals surface area contributed by atoms with Crippen molar-refractivity contribution in [1.29, 1.82) is 0 Å². The predicted octanol–water partition coefficient (Wildman–Crippen LogP) is 2.72. The molecule has 1 heterocycles. The third kappa shape index (κ3) is 7.69. The van der Waals surface area contributed by atoms with Crippen LogP contribution >= 0.6 is 24.0 Å². The molecule has 1 saturated heterocycles. The van der Waals surface area contributed by atoms with Crippen molar-refractivity contribution in [1.82, 2.24) is 15.4 Å². The average Bonchev–Trinajstić information content (AvgIpc) is 2.68. The molecular formula is C20H35IN4O3S. The zero-order chi connectivity index (χ0) is 20.8. The molecule has 2 atom stereocenters. The van der Waals surface area contributed by atoms with Gasteiger partial charge in [0.1, 0.15) is 0 Å². The van der Waals surface area contributed by atoms with E-state index in [0.29, 0.717) is 12.5 Å². The summed E-state index contributed by atoms with van der Waals surface area (Å²) in [5.74, 6) is 1.17. The minimum absolute atomic E-state index is 0. The largest absolute Gasteiger partial charge is 0.377 e. The minimum atomic E-state index is -3.41. The molecule has 0 amide bonds. The smallest absolute Gasteiger partial charge is 0.240 e. The Balaban J connectivity index is 0.00000420. The zero-order valence-electron chi connectivity index (χ0n) is 18.0. The van der Waals surface area contributed by atoms with Crippen LogP contribution in [0.3, 0.4) is 0 Å². The quantitative estimate of drug-likeness (QED) is 0.295. The van der Waals surface area contributed by atoms with Crippen molar-refractivity contribution >= 4 is 40.0 Å². The van der Waals surface area contributed by atoms with E-state index in [-0.39, 0.29) is 40.4 Å². The van der Waals surface area contributed by atoms with Gasteiger partial charge in [0, 0.05) is 32.7 Å². The van der Waals surface area contributed by atoms with Crippen molar-refractivity contribution in [2.45, 2.75) is 51.2 Å². The van der Waals surface area contributed by atoms with Crippen LogP contribution in [0.2, 0.25) is 0 Å². The summed E-state index contributed by atoms with van der Waals surface area (Å²) in [5, 5.41) is 6.69. The molecule has 29 heavy (non-hydrogen) atoms. The van der Waals surface area contributed by atoms with Crippen molar-refractivity contribution in [3.8, 4) is 0 Å². The van der Waals surface area contributed by atoms with E-state index in [9.17, 15) is 8.42 Å². The number of nitrogens with zero attached hydrogens (tertiary/aromatic N) is 1. The van der Waals surface area contributed by atoms with Crippen LogP contribution in [-0.2, 0) is 21.3 Å². The number of sulfonamides is 1. The molecule has 3 N–H and O–H groups in total. The van der Waals surface area contributed by atoms with E-state index in [2.05, 4.69) is 41.1 Å². The van der Waals surface area contributed by atoms with Gasteiger partial charge in [0.2, 0.25) is 10.0 Å². The minimum Gasteiger partial charge on any atom is -0.377 e. The fourth-order valence-electron chi connectivity index (χ4n) is 3.55. The van der Waals surface area contributed by atoms with E-state index >= 15 is 0 Å². The number of benzene rings is 1. The Morgan fingerprint density at radius 1 is 1.21 bits per heavy atom. The third-order valence-electron chi connectivity index (χ3n) is 5.02. The van der Waals surface area contributed by atoms with Gasteiger partial charge in [-0.25, -0.2) is 13.1 Å². The van der Waals surface area contributed by atoms with Crippen LogP contribution in [0.25, 0.3) is 0 Å². The average molecular weight is 538 g/mol. The van der Waals surface area contributed by atoms with Crippen molar-refractivity contribution in [3.05, 3.63) is 29.8 Å². The summed E-state index contributed by atoms with van der Waals surface area (Å²) in [6.45, 7) is 8.87. The third-order valence-corrected chi connectivity index (χ3v) is 6.45. The highest BCUT2D eigenvalue weighted by Gasteiger charge is 2.35. The number of rotatable bonds is 6. The molecule has 166 valence electrons. The van der Waals surface area contributed by atoms with Crippen molar-refractivity contribution in [2.75, 3.05) is 27.2 Å². The monoisotopic (exact) mass is 538 g/mol. The van der Waals surface area contributed by atoms with E-state index in [1.807, 2.05) is 0 Å². The van der Waals surface area contributed by atoms with Crippen LogP contribution in [0.1, 0.15) is 39.2 Å². The Morgan fingerprint density at radius 3 is 2.41 bits per heavy atom. The lowest BCUT2D eigenvalue weighted by Gasteiger charge is -2.40. The van der Waals surface area contributed by atoms with Gasteiger partial charge >= 0.3 is 0 Å². The van der Waals surface area contributed by atoms with Gasteiger partial charge in [0.15, 0.2) is 5.96 Å². The normalized spacial score (nSPS) is 20.7. The second kappa shape index (κ2) is 11.5. The van der Waals surface area contributed by atoms with Gasteiger partial charge < -0.3 is 15.4 Å². The number of halogens is 1. The van der Waals surface area contributed by atoms with Gasteiger partial charge in [-0.1, -0.05) is 32.9 Å². The number of hydrogen-bond acceptors (Lipinski definition) is 4. The van der Waals surface area contributed by atoms with Gasteiger partial charge in [-0.3, -0.25) is 4.99 Å². The van der Waals surface area contributed by atoms with Gasteiger partial charge in [0.05, 0.1) is 11.0 Å². The second-order valence-corrected chi connectivity index (χ2v) is 10.1. The Hall–Kier alpha value is -0.910. The van der Waals surface area contributed by atoms with Crippen LogP contribution in [0.5, 0.6) is 0 Å². The molecule has 0 radical (unpaired) electrons. The van der Waals surface area contributed by atoms with Gasteiger partial charge in [0.25, 0.3) is 0 Å². The summed E-state index contributed by atoms with van der Waals surface area (Å²) in [5.41, 5.74) is 1.09. The van der Waals surface area contributed by atoms with Crippen molar-refractivity contribution in [3.63, 3.8) is 0 Å². The maximum atomic E-state index is 11.8. The summed E-state index contributed by atoms with van der Waals surface area (Å²) in [6.07, 6.45) is 2.47. The SMILES string of the molecule is CN=C(NCc1ccc(S(=O)(=O)NC)cc1)NCC1CCCOC1C(C)(C)C.I. The fourth-order valence-corrected chi connectivity index (χ4v) is 4.28. The first kappa shape index (κ1) is 26.1. The highest BCUT2D eigenvalue weighted by molar-refractivity contribution is 14.0. The van der Waals surface area contributed by atoms with Crippen LogP contribution in [0, 0.1) is 11.3 Å². The Bertz CT molecular complexity index is 761. The molecular weight excluding hydrogens is 503 g/mol. The molecule has 9 heteroatoms. The Labute approximate surface area is 192 Å². The first-order chi connectivity index (χ1) is 13.2. The molecule has 0 bridgehead atoms. The zero-order valence-corrected chi connectivity index (χ0v) is 21.1. The molecule has 0 aromatic heterocycles. The van der Waals surface area contributed by atoms with E-state index in [4.69, 9.17) is 4.74 Å². The Kier molecular flexibility index (Phi) is 10.3. The van der Waals surface area contributed by atoms with Gasteiger partial charge in [-0.15, -0.1) is 24.0 Å². The standard InChI is InChI=1S/C20H34N4O3S.HI/c1-20(2,3)18-16(7-6-12-27-18)14-24-19(21-4)23-13-15-8-10-17(11-9-15)28(25,26)22-5;/h8-11,16,18,22H,6-7,12-14H2,1-5H3,(H2,21,23,24);1H.